The smallest absolute Gasteiger partial charge is 0.270 e. The number of fused-ring (bicyclic) bond motifs is 1. The summed E-state index contributed by atoms with van der Waals surface area (Å²) in [5.41, 5.74) is 1.53. The van der Waals surface area contributed by atoms with Crippen molar-refractivity contribution < 1.29 is 9.18 Å². The summed E-state index contributed by atoms with van der Waals surface area (Å²) < 4.78 is 15.3. The number of carbonyl (C=O) groups is 1. The van der Waals surface area contributed by atoms with Crippen molar-refractivity contribution in [3.63, 3.8) is 0 Å². The lowest BCUT2D eigenvalue weighted by Gasteiger charge is -2.49. The molecule has 2 aromatic rings. The van der Waals surface area contributed by atoms with Crippen LogP contribution in [0.2, 0.25) is 0 Å². The van der Waals surface area contributed by atoms with Crippen molar-refractivity contribution in [2.75, 3.05) is 19.6 Å². The summed E-state index contributed by atoms with van der Waals surface area (Å²) in [6.45, 7) is 5.06. The molecular formula is C19H24FN3O. The Morgan fingerprint density at radius 1 is 1.21 bits per heavy atom. The van der Waals surface area contributed by atoms with Crippen LogP contribution in [0.25, 0.3) is 10.9 Å². The molecule has 2 aliphatic heterocycles. The third kappa shape index (κ3) is 2.51. The van der Waals surface area contributed by atoms with Crippen LogP contribution in [0.15, 0.2) is 24.3 Å². The van der Waals surface area contributed by atoms with Crippen molar-refractivity contribution in [2.45, 2.75) is 38.3 Å². The van der Waals surface area contributed by atoms with E-state index in [-0.39, 0.29) is 11.7 Å². The minimum Gasteiger partial charge on any atom is -0.340 e. The van der Waals surface area contributed by atoms with Crippen LogP contribution in [0.5, 0.6) is 0 Å². The van der Waals surface area contributed by atoms with E-state index in [4.69, 9.17) is 0 Å². The minimum absolute atomic E-state index is 0.0509. The van der Waals surface area contributed by atoms with Gasteiger partial charge in [-0.3, -0.25) is 9.69 Å². The van der Waals surface area contributed by atoms with E-state index in [9.17, 15) is 9.18 Å². The molecule has 0 radical (unpaired) electrons. The summed E-state index contributed by atoms with van der Waals surface area (Å²) in [6, 6.07) is 7.58. The highest BCUT2D eigenvalue weighted by atomic mass is 19.1. The van der Waals surface area contributed by atoms with Gasteiger partial charge in [-0.15, -0.1) is 0 Å². The fraction of sp³-hybridized carbons (Fsp3) is 0.526. The number of piperidine rings is 1. The first kappa shape index (κ1) is 15.6. The number of halogens is 1. The zero-order valence-corrected chi connectivity index (χ0v) is 14.3. The maximum atomic E-state index is 13.4. The van der Waals surface area contributed by atoms with Gasteiger partial charge in [0.25, 0.3) is 5.91 Å². The number of carbonyl (C=O) groups excluding carboxylic acids is 1. The molecule has 3 heterocycles. The van der Waals surface area contributed by atoms with Gasteiger partial charge in [0, 0.05) is 43.1 Å². The van der Waals surface area contributed by atoms with Gasteiger partial charge in [0.05, 0.1) is 0 Å². The lowest BCUT2D eigenvalue weighted by atomic mass is 9.97. The molecule has 1 amide bonds. The van der Waals surface area contributed by atoms with Gasteiger partial charge in [0.15, 0.2) is 0 Å². The van der Waals surface area contributed by atoms with Crippen molar-refractivity contribution in [2.24, 2.45) is 7.05 Å². The molecule has 0 saturated carbocycles. The Balaban J connectivity index is 1.49. The van der Waals surface area contributed by atoms with Gasteiger partial charge >= 0.3 is 0 Å². The highest BCUT2D eigenvalue weighted by molar-refractivity contribution is 5.99. The molecule has 4 nitrogen and oxygen atoms in total. The van der Waals surface area contributed by atoms with E-state index >= 15 is 0 Å². The summed E-state index contributed by atoms with van der Waals surface area (Å²) in [4.78, 5) is 17.3. The number of rotatable bonds is 2. The van der Waals surface area contributed by atoms with Crippen molar-refractivity contribution in [3.8, 4) is 0 Å². The number of aromatic nitrogens is 1. The lowest BCUT2D eigenvalue weighted by molar-refractivity contribution is 0.00165. The van der Waals surface area contributed by atoms with E-state index in [2.05, 4.69) is 11.8 Å². The number of likely N-dealkylation sites (tertiary alicyclic amines) is 2. The first-order valence-corrected chi connectivity index (χ1v) is 8.84. The Bertz CT molecular complexity index is 778. The van der Waals surface area contributed by atoms with E-state index in [0.29, 0.717) is 17.8 Å². The number of nitrogens with zero attached hydrogens (tertiary/aromatic N) is 3. The van der Waals surface area contributed by atoms with Gasteiger partial charge in [-0.25, -0.2) is 4.39 Å². The van der Waals surface area contributed by atoms with Crippen LogP contribution in [-0.2, 0) is 7.05 Å². The molecule has 1 atom stereocenters. The molecule has 24 heavy (non-hydrogen) atoms. The number of hydrogen-bond donors (Lipinski definition) is 0. The highest BCUT2D eigenvalue weighted by Gasteiger charge is 2.38. The Kier molecular flexibility index (Phi) is 3.83. The molecule has 1 unspecified atom stereocenters. The summed E-state index contributed by atoms with van der Waals surface area (Å²) in [5.74, 6) is -0.217. The normalized spacial score (nSPS) is 22.8. The quantitative estimate of drug-likeness (QED) is 0.847. The van der Waals surface area contributed by atoms with Crippen molar-refractivity contribution in [3.05, 3.63) is 35.8 Å². The Morgan fingerprint density at radius 3 is 2.75 bits per heavy atom. The van der Waals surface area contributed by atoms with E-state index in [0.717, 1.165) is 30.5 Å². The SMILES string of the molecule is CC1CCCCN1C1CN(C(=O)c2cc3cc(F)ccc3n2C)C1. The first-order chi connectivity index (χ1) is 11.5. The maximum Gasteiger partial charge on any atom is 0.270 e. The Hall–Kier alpha value is -1.88. The zero-order chi connectivity index (χ0) is 16.8. The van der Waals surface area contributed by atoms with Gasteiger partial charge in [0.2, 0.25) is 0 Å². The molecule has 2 aliphatic rings. The highest BCUT2D eigenvalue weighted by Crippen LogP contribution is 2.27. The molecule has 0 bridgehead atoms. The third-order valence-corrected chi connectivity index (χ3v) is 5.70. The molecule has 2 fully saturated rings. The predicted octanol–water partition coefficient (Wildman–Crippen LogP) is 3.02. The second kappa shape index (κ2) is 5.88. The third-order valence-electron chi connectivity index (χ3n) is 5.70. The van der Waals surface area contributed by atoms with Crippen LogP contribution < -0.4 is 0 Å². The molecule has 0 N–H and O–H groups in total. The van der Waals surface area contributed by atoms with Crippen LogP contribution in [-0.4, -0.2) is 52.0 Å². The molecule has 2 saturated heterocycles. The fourth-order valence-electron chi connectivity index (χ4n) is 4.18. The van der Waals surface area contributed by atoms with Gasteiger partial charge in [-0.1, -0.05) is 6.42 Å². The summed E-state index contributed by atoms with van der Waals surface area (Å²) in [6.07, 6.45) is 3.85. The maximum absolute atomic E-state index is 13.4. The zero-order valence-electron chi connectivity index (χ0n) is 14.3. The summed E-state index contributed by atoms with van der Waals surface area (Å²) in [7, 11) is 1.87. The standard InChI is InChI=1S/C19H24FN3O/c1-13-5-3-4-8-23(13)16-11-22(12-16)19(24)18-10-14-9-15(20)6-7-17(14)21(18)2/h6-7,9-10,13,16H,3-5,8,11-12H2,1-2H3. The number of amides is 1. The lowest BCUT2D eigenvalue weighted by Crippen LogP contribution is -2.63. The van der Waals surface area contributed by atoms with Crippen LogP contribution in [0.3, 0.4) is 0 Å². The average Bonchev–Trinajstić information content (AvgIpc) is 2.84. The topological polar surface area (TPSA) is 28.5 Å². The van der Waals surface area contributed by atoms with Crippen LogP contribution in [0.1, 0.15) is 36.7 Å². The van der Waals surface area contributed by atoms with Crippen LogP contribution in [0, 0.1) is 5.82 Å². The van der Waals surface area contributed by atoms with Gasteiger partial charge in [-0.05, 0) is 50.6 Å². The van der Waals surface area contributed by atoms with Gasteiger partial charge in [0.1, 0.15) is 11.5 Å². The molecule has 0 aliphatic carbocycles. The largest absolute Gasteiger partial charge is 0.340 e. The van der Waals surface area contributed by atoms with E-state index < -0.39 is 0 Å². The van der Waals surface area contributed by atoms with E-state index in [1.165, 1.54) is 31.4 Å². The van der Waals surface area contributed by atoms with Crippen molar-refractivity contribution in [1.29, 1.82) is 0 Å². The Morgan fingerprint density at radius 2 is 2.00 bits per heavy atom. The average molecular weight is 329 g/mol. The monoisotopic (exact) mass is 329 g/mol. The first-order valence-electron chi connectivity index (χ1n) is 8.84. The number of aryl methyl sites for hydroxylation is 1. The van der Waals surface area contributed by atoms with E-state index in [1.54, 1.807) is 12.1 Å². The molecule has 5 heteroatoms. The predicted molar refractivity (Wildman–Crippen MR) is 92.6 cm³/mol. The second-order valence-electron chi connectivity index (χ2n) is 7.24. The Labute approximate surface area is 141 Å². The number of benzene rings is 1. The second-order valence-corrected chi connectivity index (χ2v) is 7.24. The van der Waals surface area contributed by atoms with Crippen molar-refractivity contribution in [1.82, 2.24) is 14.4 Å². The molecule has 4 rings (SSSR count). The fourth-order valence-corrected chi connectivity index (χ4v) is 4.18. The molecule has 1 aromatic heterocycles. The number of hydrogen-bond acceptors (Lipinski definition) is 2. The van der Waals surface area contributed by atoms with Gasteiger partial charge in [-0.2, -0.15) is 0 Å². The molecule has 128 valence electrons. The van der Waals surface area contributed by atoms with Crippen molar-refractivity contribution >= 4 is 16.8 Å². The molecular weight excluding hydrogens is 305 g/mol. The van der Waals surface area contributed by atoms with Gasteiger partial charge < -0.3 is 9.47 Å². The summed E-state index contributed by atoms with van der Waals surface area (Å²) in [5, 5.41) is 0.780. The van der Waals surface area contributed by atoms with Crippen LogP contribution >= 0.6 is 0 Å². The molecule has 0 spiro atoms. The van der Waals surface area contributed by atoms with E-state index in [1.807, 2.05) is 16.5 Å². The van der Waals surface area contributed by atoms with Crippen LogP contribution in [0.4, 0.5) is 4.39 Å². The minimum atomic E-state index is -0.268. The summed E-state index contributed by atoms with van der Waals surface area (Å²) >= 11 is 0. The molecule has 1 aromatic carbocycles.